The molecule has 0 radical (unpaired) electrons. The Balaban J connectivity index is 1.67. The molecule has 124 valence electrons. The highest BCUT2D eigenvalue weighted by Gasteiger charge is 2.50. The summed E-state index contributed by atoms with van der Waals surface area (Å²) in [5.74, 6) is 0.652. The molecular formula is C21H22FNO. The van der Waals surface area contributed by atoms with Crippen molar-refractivity contribution in [3.05, 3.63) is 71.0 Å². The van der Waals surface area contributed by atoms with Crippen LogP contribution in [0.2, 0.25) is 0 Å². The molecule has 0 bridgehead atoms. The van der Waals surface area contributed by atoms with Crippen molar-refractivity contribution in [2.24, 2.45) is 0 Å². The second-order valence-electron chi connectivity index (χ2n) is 6.80. The molecule has 0 aromatic heterocycles. The fourth-order valence-electron chi connectivity index (χ4n) is 3.75. The smallest absolute Gasteiger partial charge is 0.134 e. The summed E-state index contributed by atoms with van der Waals surface area (Å²) in [7, 11) is 1.65. The molecule has 2 aromatic rings. The highest BCUT2D eigenvalue weighted by molar-refractivity contribution is 5.55. The van der Waals surface area contributed by atoms with Gasteiger partial charge in [0.25, 0.3) is 0 Å². The maximum Gasteiger partial charge on any atom is 0.134 e. The highest BCUT2D eigenvalue weighted by Crippen LogP contribution is 2.53. The van der Waals surface area contributed by atoms with Crippen LogP contribution in [-0.4, -0.2) is 18.6 Å². The van der Waals surface area contributed by atoms with Gasteiger partial charge in [-0.3, -0.25) is 4.90 Å². The van der Waals surface area contributed by atoms with E-state index in [2.05, 4.69) is 11.5 Å². The van der Waals surface area contributed by atoms with Gasteiger partial charge in [0.2, 0.25) is 0 Å². The Hall–Kier alpha value is -2.13. The van der Waals surface area contributed by atoms with E-state index in [0.29, 0.717) is 12.1 Å². The minimum Gasteiger partial charge on any atom is -0.497 e. The van der Waals surface area contributed by atoms with Crippen LogP contribution in [0.4, 0.5) is 4.39 Å². The fourth-order valence-corrected chi connectivity index (χ4v) is 3.75. The molecule has 2 aromatic carbocycles. The number of hydrogen-bond acceptors (Lipinski definition) is 2. The Morgan fingerprint density at radius 3 is 2.67 bits per heavy atom. The maximum atomic E-state index is 14.9. The van der Waals surface area contributed by atoms with Crippen LogP contribution in [0.25, 0.3) is 6.08 Å². The zero-order valence-corrected chi connectivity index (χ0v) is 13.9. The van der Waals surface area contributed by atoms with E-state index in [-0.39, 0.29) is 11.2 Å². The molecular weight excluding hydrogens is 301 g/mol. The van der Waals surface area contributed by atoms with Gasteiger partial charge in [0.1, 0.15) is 11.6 Å². The normalized spacial score (nSPS) is 21.9. The molecule has 4 rings (SSSR count). The van der Waals surface area contributed by atoms with E-state index in [4.69, 9.17) is 6.11 Å². The maximum absolute atomic E-state index is 14.9. The van der Waals surface area contributed by atoms with Gasteiger partial charge in [-0.15, -0.1) is 0 Å². The van der Waals surface area contributed by atoms with E-state index in [1.54, 1.807) is 19.3 Å². The van der Waals surface area contributed by atoms with Crippen LogP contribution < -0.4 is 4.74 Å². The Morgan fingerprint density at radius 1 is 1.29 bits per heavy atom. The summed E-state index contributed by atoms with van der Waals surface area (Å²) in [6.07, 6.45) is 3.54. The standard InChI is InChI=1S/C21H22FNO/c1-3-16-6-7-17-13-23(12-15-4-8-18(24-2)9-5-15)14-21(10-11-21)19(17)20(16)22/h3-9H,1,10-14H2,2H3/i13D. The number of ether oxygens (including phenoxy) is 1. The zero-order chi connectivity index (χ0) is 17.6. The Morgan fingerprint density at radius 2 is 2.04 bits per heavy atom. The molecule has 2 aliphatic rings. The van der Waals surface area contributed by atoms with Crippen molar-refractivity contribution in [2.45, 2.75) is 31.3 Å². The van der Waals surface area contributed by atoms with Gasteiger partial charge >= 0.3 is 0 Å². The van der Waals surface area contributed by atoms with Crippen LogP contribution in [0.5, 0.6) is 5.75 Å². The van der Waals surface area contributed by atoms with Crippen LogP contribution in [0.1, 0.15) is 36.5 Å². The monoisotopic (exact) mass is 324 g/mol. The molecule has 1 heterocycles. The van der Waals surface area contributed by atoms with Crippen LogP contribution >= 0.6 is 0 Å². The summed E-state index contributed by atoms with van der Waals surface area (Å²) in [5, 5.41) is 0. The highest BCUT2D eigenvalue weighted by atomic mass is 19.1. The third kappa shape index (κ3) is 2.53. The van der Waals surface area contributed by atoms with Gasteiger partial charge < -0.3 is 4.74 Å². The molecule has 1 spiro atoms. The molecule has 1 aliphatic heterocycles. The number of hydrogen-bond donors (Lipinski definition) is 0. The summed E-state index contributed by atoms with van der Waals surface area (Å²) in [6.45, 7) is 4.58. The molecule has 24 heavy (non-hydrogen) atoms. The number of rotatable bonds is 4. The summed E-state index contributed by atoms with van der Waals surface area (Å²) < 4.78 is 28.8. The van der Waals surface area contributed by atoms with Gasteiger partial charge in [-0.05, 0) is 36.1 Å². The van der Waals surface area contributed by atoms with E-state index in [0.717, 1.165) is 41.8 Å². The lowest BCUT2D eigenvalue weighted by Gasteiger charge is -2.35. The minimum absolute atomic E-state index is 0.123. The third-order valence-electron chi connectivity index (χ3n) is 5.18. The van der Waals surface area contributed by atoms with Crippen molar-refractivity contribution < 1.29 is 10.5 Å². The Kier molecular flexibility index (Phi) is 3.41. The quantitative estimate of drug-likeness (QED) is 0.819. The predicted octanol–water partition coefficient (Wildman–Crippen LogP) is 4.52. The van der Waals surface area contributed by atoms with E-state index in [1.165, 1.54) is 0 Å². The largest absolute Gasteiger partial charge is 0.497 e. The second kappa shape index (κ2) is 5.75. The number of methoxy groups -OCH3 is 1. The third-order valence-corrected chi connectivity index (χ3v) is 5.18. The average molecular weight is 324 g/mol. The first kappa shape index (κ1) is 14.2. The molecule has 2 nitrogen and oxygen atoms in total. The van der Waals surface area contributed by atoms with Gasteiger partial charge in [0.05, 0.1) is 7.11 Å². The van der Waals surface area contributed by atoms with Crippen molar-refractivity contribution >= 4 is 6.08 Å². The van der Waals surface area contributed by atoms with Crippen LogP contribution in [0.3, 0.4) is 0 Å². The lowest BCUT2D eigenvalue weighted by molar-refractivity contribution is 0.210. The van der Waals surface area contributed by atoms with Crippen LogP contribution in [0.15, 0.2) is 43.0 Å². The van der Waals surface area contributed by atoms with E-state index in [1.807, 2.05) is 30.3 Å². The van der Waals surface area contributed by atoms with Gasteiger partial charge in [-0.1, -0.05) is 36.9 Å². The van der Waals surface area contributed by atoms with Crippen molar-refractivity contribution in [3.8, 4) is 5.75 Å². The summed E-state index contributed by atoms with van der Waals surface area (Å²) in [5.41, 5.74) is 3.13. The lowest BCUT2D eigenvalue weighted by atomic mass is 9.85. The second-order valence-corrected chi connectivity index (χ2v) is 6.80. The first-order valence-electron chi connectivity index (χ1n) is 8.90. The van der Waals surface area contributed by atoms with Gasteiger partial charge in [-0.2, -0.15) is 0 Å². The SMILES string of the molecule is [2H]C1c2ccc(C=C)c(F)c2C2(CC2)CN1Cc1ccc(OC)cc1. The van der Waals surface area contributed by atoms with Crippen molar-refractivity contribution in [2.75, 3.05) is 13.7 Å². The molecule has 1 fully saturated rings. The number of halogens is 1. The molecule has 1 saturated carbocycles. The summed E-state index contributed by atoms with van der Waals surface area (Å²) >= 11 is 0. The van der Waals surface area contributed by atoms with E-state index in [9.17, 15) is 4.39 Å². The fraction of sp³-hybridized carbons (Fsp3) is 0.333. The zero-order valence-electron chi connectivity index (χ0n) is 14.9. The number of benzene rings is 2. The van der Waals surface area contributed by atoms with Crippen molar-refractivity contribution in [1.29, 1.82) is 0 Å². The molecule has 0 saturated heterocycles. The topological polar surface area (TPSA) is 12.5 Å². The molecule has 0 N–H and O–H groups in total. The average Bonchev–Trinajstić information content (AvgIpc) is 3.40. The molecule has 0 amide bonds. The first-order chi connectivity index (χ1) is 12.1. The number of nitrogens with zero attached hydrogens (tertiary/aromatic N) is 1. The number of fused-ring (bicyclic) bond motifs is 2. The van der Waals surface area contributed by atoms with Crippen molar-refractivity contribution in [1.82, 2.24) is 4.90 Å². The molecule has 1 unspecified atom stereocenters. The van der Waals surface area contributed by atoms with Crippen LogP contribution in [-0.2, 0) is 18.5 Å². The molecule has 1 aliphatic carbocycles. The lowest BCUT2D eigenvalue weighted by Crippen LogP contribution is -2.38. The van der Waals surface area contributed by atoms with E-state index < -0.39 is 6.52 Å². The Bertz CT molecular complexity index is 813. The minimum atomic E-state index is -0.545. The summed E-state index contributed by atoms with van der Waals surface area (Å²) in [4.78, 5) is 2.14. The van der Waals surface area contributed by atoms with Gasteiger partial charge in [-0.25, -0.2) is 4.39 Å². The van der Waals surface area contributed by atoms with Crippen molar-refractivity contribution in [3.63, 3.8) is 0 Å². The predicted molar refractivity (Wildman–Crippen MR) is 94.5 cm³/mol. The van der Waals surface area contributed by atoms with Gasteiger partial charge in [0, 0.05) is 37.5 Å². The van der Waals surface area contributed by atoms with Gasteiger partial charge in [0.15, 0.2) is 0 Å². The first-order valence-corrected chi connectivity index (χ1v) is 8.32. The Labute approximate surface area is 144 Å². The molecule has 3 heteroatoms. The molecule has 1 atom stereocenters. The van der Waals surface area contributed by atoms with E-state index >= 15 is 0 Å². The van der Waals surface area contributed by atoms with Crippen LogP contribution in [0, 0.1) is 5.82 Å². The summed E-state index contributed by atoms with van der Waals surface area (Å²) in [6, 6.07) is 11.6.